The van der Waals surface area contributed by atoms with E-state index in [4.69, 9.17) is 28.4 Å². The number of rotatable bonds is 7. The molecule has 54 heavy (non-hydrogen) atoms. The number of ether oxygens (including phenoxy) is 6. The number of phenolic OH excluding ortho intramolecular Hbond substituents is 1. The second kappa shape index (κ2) is 14.8. The van der Waals surface area contributed by atoms with Gasteiger partial charge in [0.15, 0.2) is 30.4 Å². The molecule has 3 aliphatic heterocycles. The number of aliphatic hydroxyl groups is 7. The van der Waals surface area contributed by atoms with Gasteiger partial charge in [0.2, 0.25) is 0 Å². The van der Waals surface area contributed by atoms with Gasteiger partial charge < -0.3 is 69.3 Å². The van der Waals surface area contributed by atoms with E-state index in [-0.39, 0.29) is 48.0 Å². The molecule has 0 radical (unpaired) electrons. The van der Waals surface area contributed by atoms with E-state index in [9.17, 15) is 50.4 Å². The average molecular weight is 763 g/mol. The maximum Gasteiger partial charge on any atom is 0.179 e. The maximum absolute atomic E-state index is 13.8. The van der Waals surface area contributed by atoms with Gasteiger partial charge in [0.25, 0.3) is 0 Å². The van der Waals surface area contributed by atoms with Gasteiger partial charge in [0.05, 0.1) is 65.7 Å². The van der Waals surface area contributed by atoms with Gasteiger partial charge in [0, 0.05) is 42.4 Å². The van der Waals surface area contributed by atoms with Crippen molar-refractivity contribution in [2.24, 2.45) is 11.8 Å². The number of aromatic hydroxyl groups is 1. The first kappa shape index (κ1) is 39.2. The fourth-order valence-corrected chi connectivity index (χ4v) is 8.87. The number of hydrogen-bond donors (Lipinski definition) is 8. The molecule has 7 rings (SSSR count). The highest BCUT2D eigenvalue weighted by atomic mass is 16.7. The number of aliphatic hydroxyl groups excluding tert-OH is 6. The van der Waals surface area contributed by atoms with Gasteiger partial charge in [-0.15, -0.1) is 0 Å². The van der Waals surface area contributed by atoms with Crippen LogP contribution in [-0.4, -0.2) is 138 Å². The standard InChI is InChI=1S/C38H50O16/c1-5-38(48)13-22(27-30(37(38)47)34(46)28-29(33(27)45)32(44)26-17(31(28)43)7-6-8-19(26)40)52-24-11-20(41)36(16(4)50-24)54-25-12-21(42)35(15(3)51-25)53-23-10-9-18(39)14(2)49-23/h6-8,14-16,18,20-25,28-29,35-37,39-42,45-48H,5,9-13H2,1-4H3/t14?,15?,16?,18?,20?,21?,22?,23?,24?,25?,28?,29?,35?,36?,37?,38-/m1/s1. The van der Waals surface area contributed by atoms with Gasteiger partial charge in [-0.25, -0.2) is 0 Å². The summed E-state index contributed by atoms with van der Waals surface area (Å²) in [5.74, 6) is -6.64. The Bertz CT molecular complexity index is 1670. The van der Waals surface area contributed by atoms with Gasteiger partial charge >= 0.3 is 0 Å². The first-order valence-corrected chi connectivity index (χ1v) is 18.7. The van der Waals surface area contributed by atoms with Crippen LogP contribution in [0.5, 0.6) is 5.75 Å². The summed E-state index contributed by atoms with van der Waals surface area (Å²) < 4.78 is 36.3. The van der Waals surface area contributed by atoms with Crippen LogP contribution in [0.2, 0.25) is 0 Å². The van der Waals surface area contributed by atoms with Crippen LogP contribution >= 0.6 is 0 Å². The molecular formula is C38H50O16. The monoisotopic (exact) mass is 762 g/mol. The van der Waals surface area contributed by atoms with Crippen LogP contribution in [0.25, 0.3) is 0 Å². The Kier molecular flexibility index (Phi) is 10.8. The minimum Gasteiger partial charge on any atom is -0.511 e. The lowest BCUT2D eigenvalue weighted by atomic mass is 9.62. The smallest absolute Gasteiger partial charge is 0.179 e. The van der Waals surface area contributed by atoms with Crippen LogP contribution in [0.1, 0.15) is 86.9 Å². The molecule has 16 atom stereocenters. The fourth-order valence-electron chi connectivity index (χ4n) is 8.87. The van der Waals surface area contributed by atoms with E-state index in [2.05, 4.69) is 0 Å². The third-order valence-electron chi connectivity index (χ3n) is 12.0. The van der Waals surface area contributed by atoms with Crippen molar-refractivity contribution < 1.29 is 78.9 Å². The minimum atomic E-state index is -1.90. The predicted molar refractivity (Wildman–Crippen MR) is 183 cm³/mol. The molecule has 298 valence electrons. The van der Waals surface area contributed by atoms with E-state index in [1.54, 1.807) is 27.7 Å². The number of phenols is 1. The van der Waals surface area contributed by atoms with E-state index in [0.29, 0.717) is 12.8 Å². The Labute approximate surface area is 311 Å². The molecule has 1 aromatic carbocycles. The van der Waals surface area contributed by atoms with Crippen molar-refractivity contribution >= 4 is 11.6 Å². The van der Waals surface area contributed by atoms with E-state index >= 15 is 0 Å². The van der Waals surface area contributed by atoms with Crippen molar-refractivity contribution in [3.63, 3.8) is 0 Å². The van der Waals surface area contributed by atoms with E-state index < -0.39 is 126 Å². The normalized spacial score (nSPS) is 44.1. The molecule has 6 aliphatic rings. The number of allylic oxidation sites excluding steroid dienone is 2. The first-order chi connectivity index (χ1) is 25.5. The van der Waals surface area contributed by atoms with Crippen LogP contribution < -0.4 is 0 Å². The molecule has 3 aliphatic carbocycles. The van der Waals surface area contributed by atoms with E-state index in [1.807, 2.05) is 0 Å². The second-order valence-corrected chi connectivity index (χ2v) is 15.4. The van der Waals surface area contributed by atoms with Crippen molar-refractivity contribution in [2.75, 3.05) is 0 Å². The van der Waals surface area contributed by atoms with Crippen molar-refractivity contribution in [3.05, 3.63) is 52.0 Å². The molecule has 15 unspecified atom stereocenters. The third kappa shape index (κ3) is 6.68. The molecule has 3 heterocycles. The highest BCUT2D eigenvalue weighted by Crippen LogP contribution is 2.52. The summed E-state index contributed by atoms with van der Waals surface area (Å²) in [6.07, 6.45) is -11.6. The molecule has 0 aromatic heterocycles. The molecule has 8 N–H and O–H groups in total. The number of ketones is 2. The summed E-state index contributed by atoms with van der Waals surface area (Å²) in [5.41, 5.74) is -2.87. The Hall–Kier alpha value is -3.00. The summed E-state index contributed by atoms with van der Waals surface area (Å²) in [5, 5.41) is 89.0. The Morgan fingerprint density at radius 2 is 1.28 bits per heavy atom. The molecule has 0 amide bonds. The Morgan fingerprint density at radius 3 is 1.87 bits per heavy atom. The molecule has 4 fully saturated rings. The zero-order valence-corrected chi connectivity index (χ0v) is 30.5. The third-order valence-corrected chi connectivity index (χ3v) is 12.0. The second-order valence-electron chi connectivity index (χ2n) is 15.4. The maximum atomic E-state index is 13.8. The van der Waals surface area contributed by atoms with Gasteiger partial charge in [-0.2, -0.15) is 0 Å². The van der Waals surface area contributed by atoms with Crippen LogP contribution in [0.4, 0.5) is 0 Å². The molecule has 0 bridgehead atoms. The highest BCUT2D eigenvalue weighted by Gasteiger charge is 2.58. The topological polar surface area (TPSA) is 251 Å². The summed E-state index contributed by atoms with van der Waals surface area (Å²) in [6, 6.07) is 3.93. The quantitative estimate of drug-likeness (QED) is 0.196. The van der Waals surface area contributed by atoms with Crippen LogP contribution in [0.15, 0.2) is 40.9 Å². The average Bonchev–Trinajstić information content (AvgIpc) is 3.11. The Morgan fingerprint density at radius 1 is 0.722 bits per heavy atom. The molecule has 16 nitrogen and oxygen atoms in total. The lowest BCUT2D eigenvalue weighted by molar-refractivity contribution is -0.332. The number of benzene rings is 1. The largest absolute Gasteiger partial charge is 0.511 e. The summed E-state index contributed by atoms with van der Waals surface area (Å²) in [4.78, 5) is 27.4. The lowest BCUT2D eigenvalue weighted by Gasteiger charge is -2.48. The number of carbonyl (C=O) groups excluding carboxylic acids is 2. The van der Waals surface area contributed by atoms with Gasteiger partial charge in [-0.1, -0.05) is 19.1 Å². The van der Waals surface area contributed by atoms with Crippen molar-refractivity contribution in [1.29, 1.82) is 0 Å². The van der Waals surface area contributed by atoms with Crippen molar-refractivity contribution in [2.45, 2.75) is 152 Å². The summed E-state index contributed by atoms with van der Waals surface area (Å²) in [7, 11) is 0. The highest BCUT2D eigenvalue weighted by molar-refractivity contribution is 6.19. The lowest BCUT2D eigenvalue weighted by Crippen LogP contribution is -2.57. The fraction of sp³-hybridized carbons (Fsp3) is 0.684. The minimum absolute atomic E-state index is 0.0213. The molecule has 16 heteroatoms. The van der Waals surface area contributed by atoms with E-state index in [1.165, 1.54) is 18.2 Å². The zero-order chi connectivity index (χ0) is 39.0. The molecule has 3 saturated heterocycles. The summed E-state index contributed by atoms with van der Waals surface area (Å²) >= 11 is 0. The van der Waals surface area contributed by atoms with Gasteiger partial charge in [-0.3, -0.25) is 9.59 Å². The van der Waals surface area contributed by atoms with Crippen LogP contribution in [0.3, 0.4) is 0 Å². The van der Waals surface area contributed by atoms with Gasteiger partial charge in [0.1, 0.15) is 35.6 Å². The van der Waals surface area contributed by atoms with E-state index in [0.717, 1.165) is 0 Å². The zero-order valence-electron chi connectivity index (χ0n) is 30.5. The SMILES string of the molecule is CC[C@@]1(O)CC(OC2CC(O)C(OC3CC(O)C(OC4CCC(O)C(C)O4)C(C)O3)C(C)O2)C2=C(O)C3C(=O)c4c(O)cccc4C(=O)C3C(O)=C2C1O. The van der Waals surface area contributed by atoms with Crippen LogP contribution in [0, 0.1) is 11.8 Å². The molecule has 0 spiro atoms. The number of fused-ring (bicyclic) bond motifs is 3. The van der Waals surface area contributed by atoms with Crippen molar-refractivity contribution in [1.82, 2.24) is 0 Å². The van der Waals surface area contributed by atoms with Crippen molar-refractivity contribution in [3.8, 4) is 5.75 Å². The molecular weight excluding hydrogens is 712 g/mol. The molecule has 1 aromatic rings. The Balaban J connectivity index is 1.06. The first-order valence-electron chi connectivity index (χ1n) is 18.7. The summed E-state index contributed by atoms with van der Waals surface area (Å²) in [6.45, 7) is 6.71. The van der Waals surface area contributed by atoms with Gasteiger partial charge in [-0.05, 0) is 39.7 Å². The number of carbonyl (C=O) groups is 2. The molecule has 1 saturated carbocycles. The van der Waals surface area contributed by atoms with Crippen LogP contribution in [-0.2, 0) is 28.4 Å². The number of hydrogen-bond acceptors (Lipinski definition) is 16. The predicted octanol–water partition coefficient (Wildman–Crippen LogP) is 1.58. The number of Topliss-reactive ketones (excluding diaryl/α,β-unsaturated/α-hetero) is 2.